The molecule has 0 saturated carbocycles. The molecule has 0 saturated heterocycles. The van der Waals surface area contributed by atoms with E-state index in [-0.39, 0.29) is 37.6 Å². The first kappa shape index (κ1) is 32.7. The second-order valence-corrected chi connectivity index (χ2v) is 9.29. The minimum absolute atomic E-state index is 0.0456. The number of hydrogen-bond donors (Lipinski definition) is 9. The highest BCUT2D eigenvalue weighted by atomic mass is 16.4. The van der Waals surface area contributed by atoms with Gasteiger partial charge in [-0.3, -0.25) is 34.4 Å². The SMILES string of the molecule is N=C(N)c1ccc(CC(C(=O)Nc2ccccc2)C(=O)N[C@@H](CC(=O)O)C(=O)N[C@@H](CCCN=C(N)N)C(N)=O)cc1. The van der Waals surface area contributed by atoms with E-state index in [1.165, 1.54) is 0 Å². The van der Waals surface area contributed by atoms with Crippen molar-refractivity contribution < 1.29 is 29.1 Å². The van der Waals surface area contributed by atoms with Crippen molar-refractivity contribution in [1.29, 1.82) is 5.41 Å². The Balaban J connectivity index is 2.26. The zero-order valence-electron chi connectivity index (χ0n) is 22.7. The summed E-state index contributed by atoms with van der Waals surface area (Å²) in [6.07, 6.45) is -0.647. The normalized spacial score (nSPS) is 12.6. The molecule has 3 atom stereocenters. The molecule has 2 rings (SSSR count). The first-order chi connectivity index (χ1) is 19.9. The van der Waals surface area contributed by atoms with Crippen LogP contribution in [0.15, 0.2) is 59.6 Å². The lowest BCUT2D eigenvalue weighted by Crippen LogP contribution is -2.55. The molecule has 2 aromatic rings. The van der Waals surface area contributed by atoms with Crippen LogP contribution in [-0.2, 0) is 30.4 Å². The maximum absolute atomic E-state index is 13.4. The third-order valence-corrected chi connectivity index (χ3v) is 6.00. The van der Waals surface area contributed by atoms with Gasteiger partial charge in [0, 0.05) is 17.8 Å². The number of carboxylic acid groups (broad SMARTS) is 1. The van der Waals surface area contributed by atoms with Crippen molar-refractivity contribution in [2.75, 3.05) is 11.9 Å². The van der Waals surface area contributed by atoms with Gasteiger partial charge in [-0.25, -0.2) is 0 Å². The summed E-state index contributed by atoms with van der Waals surface area (Å²) in [6.45, 7) is 0.156. The number of benzene rings is 2. The van der Waals surface area contributed by atoms with Crippen LogP contribution < -0.4 is 38.9 Å². The number of nitrogens with zero attached hydrogens (tertiary/aromatic N) is 1. The number of aliphatic imine (C=N–C) groups is 1. The van der Waals surface area contributed by atoms with E-state index in [1.807, 2.05) is 0 Å². The minimum atomic E-state index is -1.64. The van der Waals surface area contributed by atoms with Crippen molar-refractivity contribution in [3.63, 3.8) is 0 Å². The second kappa shape index (κ2) is 16.0. The number of anilines is 1. The molecule has 15 heteroatoms. The molecule has 13 N–H and O–H groups in total. The van der Waals surface area contributed by atoms with Gasteiger partial charge in [-0.2, -0.15) is 0 Å². The molecule has 0 aliphatic carbocycles. The van der Waals surface area contributed by atoms with Gasteiger partial charge in [0.15, 0.2) is 5.96 Å². The number of amidine groups is 1. The molecule has 15 nitrogen and oxygen atoms in total. The Hall–Kier alpha value is -5.47. The van der Waals surface area contributed by atoms with Gasteiger partial charge >= 0.3 is 5.97 Å². The van der Waals surface area contributed by atoms with Crippen LogP contribution in [0.1, 0.15) is 30.4 Å². The van der Waals surface area contributed by atoms with Gasteiger partial charge in [0.25, 0.3) is 0 Å². The Kier molecular flexibility index (Phi) is 12.4. The molecular weight excluding hydrogens is 546 g/mol. The fourth-order valence-corrected chi connectivity index (χ4v) is 3.83. The maximum atomic E-state index is 13.4. The van der Waals surface area contributed by atoms with Crippen LogP contribution in [-0.4, -0.2) is 65.1 Å². The summed E-state index contributed by atoms with van der Waals surface area (Å²) in [4.78, 5) is 66.9. The molecule has 2 aromatic carbocycles. The molecule has 1 unspecified atom stereocenters. The molecule has 0 aromatic heterocycles. The standard InChI is InChI=1S/C27H35N9O6/c28-22(29)16-10-8-15(9-11-16)13-18(24(40)34-17-5-2-1-3-6-17)25(41)36-20(14-21(37)38)26(42)35-19(23(30)39)7-4-12-33-27(31)32/h1-3,5-6,8-11,18-20H,4,7,12-14H2,(H3,28,29)(H2,30,39)(H,34,40)(H,35,42)(H,36,41)(H,37,38)(H4,31,32,33)/t18?,19-,20-/m0/s1. The summed E-state index contributed by atoms with van der Waals surface area (Å²) < 4.78 is 0. The highest BCUT2D eigenvalue weighted by Gasteiger charge is 2.33. The van der Waals surface area contributed by atoms with E-state index in [1.54, 1.807) is 54.6 Å². The average molecular weight is 582 g/mol. The monoisotopic (exact) mass is 581 g/mol. The fourth-order valence-electron chi connectivity index (χ4n) is 3.83. The lowest BCUT2D eigenvalue weighted by molar-refractivity contribution is -0.141. The fraction of sp³-hybridized carbons (Fsp3) is 0.296. The predicted molar refractivity (Wildman–Crippen MR) is 155 cm³/mol. The van der Waals surface area contributed by atoms with Crippen LogP contribution >= 0.6 is 0 Å². The third kappa shape index (κ3) is 11.0. The molecule has 0 heterocycles. The lowest BCUT2D eigenvalue weighted by atomic mass is 9.95. The Morgan fingerprint density at radius 1 is 0.833 bits per heavy atom. The van der Waals surface area contributed by atoms with Crippen molar-refractivity contribution in [2.45, 2.75) is 37.8 Å². The summed E-state index contributed by atoms with van der Waals surface area (Å²) in [5, 5.41) is 24.3. The number of nitrogen functional groups attached to an aromatic ring is 1. The number of carbonyl (C=O) groups excluding carboxylic acids is 4. The number of primary amides is 1. The summed E-state index contributed by atoms with van der Waals surface area (Å²) in [6, 6.07) is 11.8. The van der Waals surface area contributed by atoms with Gasteiger partial charge in [-0.1, -0.05) is 42.5 Å². The highest BCUT2D eigenvalue weighted by molar-refractivity contribution is 6.08. The van der Waals surface area contributed by atoms with Crippen LogP contribution in [0.3, 0.4) is 0 Å². The Morgan fingerprint density at radius 2 is 1.45 bits per heavy atom. The zero-order valence-corrected chi connectivity index (χ0v) is 22.7. The molecule has 0 fully saturated rings. The van der Waals surface area contributed by atoms with Crippen LogP contribution in [0.4, 0.5) is 5.69 Å². The molecule has 4 amide bonds. The number of nitrogens with one attached hydrogen (secondary N) is 4. The van der Waals surface area contributed by atoms with E-state index in [0.29, 0.717) is 16.8 Å². The van der Waals surface area contributed by atoms with Crippen molar-refractivity contribution in [1.82, 2.24) is 10.6 Å². The van der Waals surface area contributed by atoms with Crippen LogP contribution in [0.25, 0.3) is 0 Å². The summed E-state index contributed by atoms with van der Waals surface area (Å²) in [5.74, 6) is -6.63. The Bertz CT molecular complexity index is 1310. The molecular formula is C27H35N9O6. The van der Waals surface area contributed by atoms with Gasteiger partial charge in [0.2, 0.25) is 23.6 Å². The highest BCUT2D eigenvalue weighted by Crippen LogP contribution is 2.15. The predicted octanol–water partition coefficient (Wildman–Crippen LogP) is -1.25. The Labute approximate surface area is 241 Å². The van der Waals surface area contributed by atoms with E-state index in [0.717, 1.165) is 0 Å². The van der Waals surface area contributed by atoms with E-state index in [2.05, 4.69) is 20.9 Å². The second-order valence-electron chi connectivity index (χ2n) is 9.29. The topological polar surface area (TPSA) is 282 Å². The molecule has 0 spiro atoms. The van der Waals surface area contributed by atoms with E-state index >= 15 is 0 Å². The molecule has 0 aliphatic rings. The van der Waals surface area contributed by atoms with Crippen molar-refractivity contribution in [3.8, 4) is 0 Å². The van der Waals surface area contributed by atoms with E-state index in [4.69, 9.17) is 28.3 Å². The van der Waals surface area contributed by atoms with Gasteiger partial charge in [0.1, 0.15) is 23.8 Å². The molecule has 0 radical (unpaired) electrons. The number of carbonyl (C=O) groups is 5. The summed E-state index contributed by atoms with van der Waals surface area (Å²) in [7, 11) is 0. The quantitative estimate of drug-likeness (QED) is 0.0495. The van der Waals surface area contributed by atoms with Crippen LogP contribution in [0.5, 0.6) is 0 Å². The molecule has 0 bridgehead atoms. The summed E-state index contributed by atoms with van der Waals surface area (Å²) >= 11 is 0. The van der Waals surface area contributed by atoms with Crippen LogP contribution in [0.2, 0.25) is 0 Å². The number of guanidine groups is 1. The van der Waals surface area contributed by atoms with Gasteiger partial charge in [-0.05, 0) is 37.0 Å². The summed E-state index contributed by atoms with van der Waals surface area (Å²) in [5.41, 5.74) is 22.8. The number of para-hydroxylation sites is 1. The van der Waals surface area contributed by atoms with Crippen molar-refractivity contribution >= 4 is 47.1 Å². The van der Waals surface area contributed by atoms with E-state index in [9.17, 15) is 29.1 Å². The Morgan fingerprint density at radius 3 is 2.00 bits per heavy atom. The van der Waals surface area contributed by atoms with Crippen molar-refractivity contribution in [2.24, 2.45) is 33.8 Å². The zero-order chi connectivity index (χ0) is 31.2. The van der Waals surface area contributed by atoms with Gasteiger partial charge in [-0.15, -0.1) is 0 Å². The first-order valence-corrected chi connectivity index (χ1v) is 12.8. The number of amides is 4. The molecule has 42 heavy (non-hydrogen) atoms. The third-order valence-electron chi connectivity index (χ3n) is 6.00. The maximum Gasteiger partial charge on any atom is 0.305 e. The van der Waals surface area contributed by atoms with E-state index < -0.39 is 54.0 Å². The number of rotatable bonds is 16. The minimum Gasteiger partial charge on any atom is -0.481 e. The smallest absolute Gasteiger partial charge is 0.305 e. The van der Waals surface area contributed by atoms with Gasteiger partial charge < -0.3 is 44.0 Å². The van der Waals surface area contributed by atoms with Crippen molar-refractivity contribution in [3.05, 3.63) is 65.7 Å². The molecule has 0 aliphatic heterocycles. The van der Waals surface area contributed by atoms with Gasteiger partial charge in [0.05, 0.1) is 6.42 Å². The number of hydrogen-bond acceptors (Lipinski definition) is 7. The largest absolute Gasteiger partial charge is 0.481 e. The van der Waals surface area contributed by atoms with Crippen LogP contribution in [0, 0.1) is 11.3 Å². The number of nitrogens with two attached hydrogens (primary N) is 4. The first-order valence-electron chi connectivity index (χ1n) is 12.8. The number of aliphatic carboxylic acids is 1. The molecule has 224 valence electrons. The lowest BCUT2D eigenvalue weighted by Gasteiger charge is -2.23. The number of carboxylic acids is 1. The average Bonchev–Trinajstić information content (AvgIpc) is 2.93.